The van der Waals surface area contributed by atoms with E-state index in [9.17, 15) is 4.79 Å². The molecule has 0 bridgehead atoms. The molecule has 0 aliphatic rings. The number of hydrogen-bond acceptors (Lipinski definition) is 1. The number of benzene rings is 1. The van der Waals surface area contributed by atoms with Gasteiger partial charge in [0.1, 0.15) is 5.69 Å². The monoisotopic (exact) mass is 298 g/mol. The van der Waals surface area contributed by atoms with Gasteiger partial charge in [0.05, 0.1) is 0 Å². The van der Waals surface area contributed by atoms with Crippen LogP contribution in [0, 0.1) is 20.8 Å². The first-order chi connectivity index (χ1) is 10.4. The minimum atomic E-state index is 0.0209. The van der Waals surface area contributed by atoms with E-state index in [0.29, 0.717) is 0 Å². The summed E-state index contributed by atoms with van der Waals surface area (Å²) in [4.78, 5) is 12.6. The van der Waals surface area contributed by atoms with Gasteiger partial charge in [-0.2, -0.15) is 0 Å². The van der Waals surface area contributed by atoms with E-state index >= 15 is 0 Å². The lowest BCUT2D eigenvalue weighted by molar-refractivity contribution is 0.0929. The van der Waals surface area contributed by atoms with Crippen LogP contribution in [0.4, 0.5) is 0 Å². The fourth-order valence-corrected chi connectivity index (χ4v) is 2.74. The molecule has 0 radical (unpaired) electrons. The van der Waals surface area contributed by atoms with E-state index in [1.165, 1.54) is 11.1 Å². The number of nitrogens with zero attached hydrogens (tertiary/aromatic N) is 1. The lowest BCUT2D eigenvalue weighted by Crippen LogP contribution is -2.34. The van der Waals surface area contributed by atoms with Crippen LogP contribution in [0.2, 0.25) is 0 Å². The number of aryl methyl sites for hydroxylation is 3. The van der Waals surface area contributed by atoms with Crippen LogP contribution >= 0.6 is 0 Å². The van der Waals surface area contributed by atoms with Crippen LogP contribution in [0.15, 0.2) is 30.3 Å². The largest absolute Gasteiger partial charge is 0.348 e. The Morgan fingerprint density at radius 3 is 2.59 bits per heavy atom. The van der Waals surface area contributed by atoms with Crippen LogP contribution in [0.1, 0.15) is 53.1 Å². The SMILES string of the molecule is CCC(C)NC(=O)c1c(C)cc(C)n1Cc1cccc(C)c1. The van der Waals surface area contributed by atoms with Gasteiger partial charge in [0, 0.05) is 18.3 Å². The predicted octanol–water partition coefficient (Wildman–Crippen LogP) is 3.99. The van der Waals surface area contributed by atoms with Crippen molar-refractivity contribution in [2.45, 2.75) is 53.6 Å². The summed E-state index contributed by atoms with van der Waals surface area (Å²) < 4.78 is 2.11. The third kappa shape index (κ3) is 3.59. The highest BCUT2D eigenvalue weighted by Crippen LogP contribution is 2.18. The van der Waals surface area contributed by atoms with Gasteiger partial charge in [-0.15, -0.1) is 0 Å². The van der Waals surface area contributed by atoms with Gasteiger partial charge in [0.15, 0.2) is 0 Å². The Bertz CT molecular complexity index is 670. The van der Waals surface area contributed by atoms with Gasteiger partial charge in [-0.25, -0.2) is 0 Å². The highest BCUT2D eigenvalue weighted by atomic mass is 16.2. The van der Waals surface area contributed by atoms with Gasteiger partial charge in [-0.05, 0) is 51.3 Å². The molecular formula is C19H26N2O. The van der Waals surface area contributed by atoms with E-state index < -0.39 is 0 Å². The molecule has 1 amide bonds. The summed E-state index contributed by atoms with van der Waals surface area (Å²) in [6, 6.07) is 10.7. The van der Waals surface area contributed by atoms with Crippen molar-refractivity contribution in [3.8, 4) is 0 Å². The zero-order valence-electron chi connectivity index (χ0n) is 14.2. The average Bonchev–Trinajstić information content (AvgIpc) is 2.73. The number of aromatic nitrogens is 1. The van der Waals surface area contributed by atoms with Gasteiger partial charge >= 0.3 is 0 Å². The molecule has 2 rings (SSSR count). The summed E-state index contributed by atoms with van der Waals surface area (Å²) in [6.45, 7) is 11.0. The van der Waals surface area contributed by atoms with Crippen molar-refractivity contribution < 1.29 is 4.79 Å². The molecule has 3 heteroatoms. The van der Waals surface area contributed by atoms with E-state index in [2.05, 4.69) is 61.0 Å². The van der Waals surface area contributed by atoms with E-state index in [-0.39, 0.29) is 11.9 Å². The highest BCUT2D eigenvalue weighted by molar-refractivity contribution is 5.94. The standard InChI is InChI=1S/C19H26N2O/c1-6-15(4)20-19(22)18-14(3)11-16(5)21(18)12-17-9-7-8-13(2)10-17/h7-11,15H,6,12H2,1-5H3,(H,20,22). The molecule has 0 aliphatic carbocycles. The van der Waals surface area contributed by atoms with Crippen molar-refractivity contribution in [1.82, 2.24) is 9.88 Å². The van der Waals surface area contributed by atoms with Crippen LogP contribution in [0.5, 0.6) is 0 Å². The summed E-state index contributed by atoms with van der Waals surface area (Å²) in [6.07, 6.45) is 0.933. The van der Waals surface area contributed by atoms with Gasteiger partial charge < -0.3 is 9.88 Å². The molecule has 0 spiro atoms. The molecule has 0 aliphatic heterocycles. The number of nitrogens with one attached hydrogen (secondary N) is 1. The second kappa shape index (κ2) is 6.82. The van der Waals surface area contributed by atoms with Crippen LogP contribution in [-0.4, -0.2) is 16.5 Å². The summed E-state index contributed by atoms with van der Waals surface area (Å²) in [5.74, 6) is 0.0209. The number of amides is 1. The molecule has 1 atom stereocenters. The third-order valence-electron chi connectivity index (χ3n) is 4.12. The molecule has 0 saturated heterocycles. The van der Waals surface area contributed by atoms with E-state index in [1.807, 2.05) is 13.8 Å². The van der Waals surface area contributed by atoms with Crippen LogP contribution in [-0.2, 0) is 6.54 Å². The molecule has 1 N–H and O–H groups in total. The fraction of sp³-hybridized carbons (Fsp3) is 0.421. The maximum absolute atomic E-state index is 12.6. The maximum atomic E-state index is 12.6. The normalized spacial score (nSPS) is 12.2. The maximum Gasteiger partial charge on any atom is 0.268 e. The van der Waals surface area contributed by atoms with Crippen molar-refractivity contribution in [2.24, 2.45) is 0 Å². The van der Waals surface area contributed by atoms with Gasteiger partial charge in [-0.3, -0.25) is 4.79 Å². The van der Waals surface area contributed by atoms with Crippen molar-refractivity contribution in [1.29, 1.82) is 0 Å². The third-order valence-corrected chi connectivity index (χ3v) is 4.12. The molecular weight excluding hydrogens is 272 g/mol. The Kier molecular flexibility index (Phi) is 5.07. The van der Waals surface area contributed by atoms with Crippen molar-refractivity contribution >= 4 is 5.91 Å². The van der Waals surface area contributed by atoms with E-state index in [4.69, 9.17) is 0 Å². The van der Waals surface area contributed by atoms with Crippen molar-refractivity contribution in [3.63, 3.8) is 0 Å². The van der Waals surface area contributed by atoms with E-state index in [0.717, 1.165) is 29.9 Å². The lowest BCUT2D eigenvalue weighted by atomic mass is 10.1. The Balaban J connectivity index is 2.33. The molecule has 118 valence electrons. The molecule has 0 fully saturated rings. The smallest absolute Gasteiger partial charge is 0.268 e. The van der Waals surface area contributed by atoms with Crippen LogP contribution in [0.3, 0.4) is 0 Å². The first-order valence-corrected chi connectivity index (χ1v) is 7.95. The van der Waals surface area contributed by atoms with Crippen molar-refractivity contribution in [2.75, 3.05) is 0 Å². The Morgan fingerprint density at radius 2 is 1.95 bits per heavy atom. The van der Waals surface area contributed by atoms with Crippen LogP contribution < -0.4 is 5.32 Å². The van der Waals surface area contributed by atoms with Gasteiger partial charge in [-0.1, -0.05) is 36.8 Å². The zero-order valence-corrected chi connectivity index (χ0v) is 14.2. The average molecular weight is 298 g/mol. The Labute approximate surface area is 133 Å². The molecule has 1 aromatic carbocycles. The molecule has 2 aromatic rings. The first kappa shape index (κ1) is 16.3. The molecule has 1 unspecified atom stereocenters. The second-order valence-corrected chi connectivity index (χ2v) is 6.18. The number of carbonyl (C=O) groups excluding carboxylic acids is 1. The van der Waals surface area contributed by atoms with Gasteiger partial charge in [0.25, 0.3) is 5.91 Å². The highest BCUT2D eigenvalue weighted by Gasteiger charge is 2.18. The zero-order chi connectivity index (χ0) is 16.3. The summed E-state index contributed by atoms with van der Waals surface area (Å²) in [5.41, 5.74) is 5.39. The van der Waals surface area contributed by atoms with Gasteiger partial charge in [0.2, 0.25) is 0 Å². The number of hydrogen-bond donors (Lipinski definition) is 1. The Hall–Kier alpha value is -2.03. The van der Waals surface area contributed by atoms with Crippen molar-refractivity contribution in [3.05, 3.63) is 58.4 Å². The summed E-state index contributed by atoms with van der Waals surface area (Å²) in [5, 5.41) is 3.08. The first-order valence-electron chi connectivity index (χ1n) is 7.95. The molecule has 1 aromatic heterocycles. The fourth-order valence-electron chi connectivity index (χ4n) is 2.74. The van der Waals surface area contributed by atoms with Crippen LogP contribution in [0.25, 0.3) is 0 Å². The second-order valence-electron chi connectivity index (χ2n) is 6.18. The number of rotatable bonds is 5. The summed E-state index contributed by atoms with van der Waals surface area (Å²) >= 11 is 0. The molecule has 3 nitrogen and oxygen atoms in total. The topological polar surface area (TPSA) is 34.0 Å². The van der Waals surface area contributed by atoms with E-state index in [1.54, 1.807) is 0 Å². The molecule has 22 heavy (non-hydrogen) atoms. The summed E-state index contributed by atoms with van der Waals surface area (Å²) in [7, 11) is 0. The molecule has 0 saturated carbocycles. The minimum Gasteiger partial charge on any atom is -0.348 e. The number of carbonyl (C=O) groups is 1. The predicted molar refractivity (Wildman–Crippen MR) is 91.4 cm³/mol. The lowest BCUT2D eigenvalue weighted by Gasteiger charge is -2.16. The quantitative estimate of drug-likeness (QED) is 0.889. The molecule has 1 heterocycles. The minimum absolute atomic E-state index is 0.0209. The Morgan fingerprint density at radius 1 is 1.23 bits per heavy atom.